The van der Waals surface area contributed by atoms with Gasteiger partial charge in [0, 0.05) is 49.6 Å². The molecule has 10 heteroatoms. The number of hydrogen-bond donors (Lipinski definition) is 1. The van der Waals surface area contributed by atoms with Crippen molar-refractivity contribution in [3.8, 4) is 0 Å². The molecule has 1 N–H and O–H groups in total. The third-order valence-electron chi connectivity index (χ3n) is 8.08. The minimum absolute atomic E-state index is 0.0913. The lowest BCUT2D eigenvalue weighted by Gasteiger charge is -2.51. The van der Waals surface area contributed by atoms with Gasteiger partial charge in [0.05, 0.1) is 24.0 Å². The Balaban J connectivity index is 1.47. The number of hydrogen-bond acceptors (Lipinski definition) is 7. The summed E-state index contributed by atoms with van der Waals surface area (Å²) < 4.78 is 0. The van der Waals surface area contributed by atoms with Gasteiger partial charge in [-0.3, -0.25) is 29.2 Å². The monoisotopic (exact) mass is 545 g/mol. The van der Waals surface area contributed by atoms with Gasteiger partial charge in [0.2, 0.25) is 17.7 Å². The van der Waals surface area contributed by atoms with Gasteiger partial charge in [-0.15, -0.1) is 11.3 Å². The number of fused-ring (bicyclic) bond motifs is 1. The molecule has 39 heavy (non-hydrogen) atoms. The Kier molecular flexibility index (Phi) is 6.70. The van der Waals surface area contributed by atoms with Crippen LogP contribution in [0.4, 0.5) is 11.4 Å². The van der Waals surface area contributed by atoms with Crippen LogP contribution in [-0.2, 0) is 14.4 Å². The van der Waals surface area contributed by atoms with Crippen molar-refractivity contribution >= 4 is 40.4 Å². The second-order valence-corrected chi connectivity index (χ2v) is 11.4. The van der Waals surface area contributed by atoms with Gasteiger partial charge < -0.3 is 14.9 Å². The number of nitrogens with zero attached hydrogens (tertiary/aromatic N) is 5. The van der Waals surface area contributed by atoms with Crippen LogP contribution in [0.15, 0.2) is 60.2 Å². The van der Waals surface area contributed by atoms with E-state index in [1.807, 2.05) is 59.7 Å². The SMILES string of the molecule is CC(=O)N1C(c2cccc(N3CCCC3=O)c2)CN(C(O)c2cccs2)C2CC(=O)N(c3cnccc3C)C21. The molecule has 202 valence electrons. The predicted molar refractivity (Wildman–Crippen MR) is 148 cm³/mol. The maximum Gasteiger partial charge on any atom is 0.230 e. The van der Waals surface area contributed by atoms with Crippen molar-refractivity contribution in [2.75, 3.05) is 22.9 Å². The van der Waals surface area contributed by atoms with Gasteiger partial charge in [-0.05, 0) is 54.1 Å². The second-order valence-electron chi connectivity index (χ2n) is 10.4. The summed E-state index contributed by atoms with van der Waals surface area (Å²) in [4.78, 5) is 51.8. The number of thiophene rings is 1. The van der Waals surface area contributed by atoms with Crippen molar-refractivity contribution in [1.82, 2.24) is 14.8 Å². The molecule has 5 heterocycles. The van der Waals surface area contributed by atoms with Crippen LogP contribution in [0, 0.1) is 6.92 Å². The van der Waals surface area contributed by atoms with E-state index in [4.69, 9.17) is 0 Å². The average molecular weight is 546 g/mol. The number of pyridine rings is 1. The lowest BCUT2D eigenvalue weighted by molar-refractivity contribution is -0.148. The van der Waals surface area contributed by atoms with Gasteiger partial charge in [-0.25, -0.2) is 0 Å². The fraction of sp³-hybridized carbons (Fsp3) is 0.379. The Morgan fingerprint density at radius 3 is 2.69 bits per heavy atom. The number of benzene rings is 1. The van der Waals surface area contributed by atoms with Crippen molar-refractivity contribution in [2.24, 2.45) is 0 Å². The van der Waals surface area contributed by atoms with Crippen molar-refractivity contribution in [3.05, 3.63) is 76.2 Å². The molecule has 3 fully saturated rings. The molecule has 3 aromatic rings. The van der Waals surface area contributed by atoms with Crippen LogP contribution in [0.1, 0.15) is 54.5 Å². The topological polar surface area (TPSA) is 97.3 Å². The highest BCUT2D eigenvalue weighted by Gasteiger charge is 2.55. The number of aromatic nitrogens is 1. The minimum Gasteiger partial charge on any atom is -0.373 e. The zero-order valence-electron chi connectivity index (χ0n) is 21.9. The molecule has 6 rings (SSSR count). The molecule has 3 amide bonds. The fourth-order valence-corrected chi connectivity index (χ4v) is 7.00. The van der Waals surface area contributed by atoms with E-state index in [0.717, 1.165) is 28.1 Å². The number of amides is 3. The first-order chi connectivity index (χ1) is 18.8. The second kappa shape index (κ2) is 10.2. The van der Waals surface area contributed by atoms with Crippen molar-refractivity contribution in [1.29, 1.82) is 0 Å². The largest absolute Gasteiger partial charge is 0.373 e. The van der Waals surface area contributed by atoms with Gasteiger partial charge in [0.1, 0.15) is 12.4 Å². The molecule has 1 aromatic carbocycles. The van der Waals surface area contributed by atoms with Crippen LogP contribution in [0.5, 0.6) is 0 Å². The van der Waals surface area contributed by atoms with Crippen LogP contribution in [0.3, 0.4) is 0 Å². The number of aliphatic hydroxyl groups excluding tert-OH is 1. The Morgan fingerprint density at radius 1 is 1.15 bits per heavy atom. The van der Waals surface area contributed by atoms with Crippen molar-refractivity contribution < 1.29 is 19.5 Å². The average Bonchev–Trinajstić information content (AvgIpc) is 3.68. The molecule has 4 atom stereocenters. The normalized spacial score (nSPS) is 24.4. The first-order valence-corrected chi connectivity index (χ1v) is 14.1. The van der Waals surface area contributed by atoms with E-state index in [2.05, 4.69) is 4.98 Å². The number of carbonyl (C=O) groups is 3. The maximum atomic E-state index is 13.6. The maximum absolute atomic E-state index is 13.6. The summed E-state index contributed by atoms with van der Waals surface area (Å²) in [7, 11) is 0. The van der Waals surface area contributed by atoms with Gasteiger partial charge in [0.15, 0.2) is 0 Å². The summed E-state index contributed by atoms with van der Waals surface area (Å²) in [5.41, 5.74) is 3.19. The molecule has 3 aliphatic rings. The number of carbonyl (C=O) groups excluding carboxylic acids is 3. The molecule has 3 aliphatic heterocycles. The van der Waals surface area contributed by atoms with Gasteiger partial charge in [0.25, 0.3) is 0 Å². The Hall–Kier alpha value is -3.60. The number of rotatable bonds is 5. The predicted octanol–water partition coefficient (Wildman–Crippen LogP) is 3.61. The molecule has 0 radical (unpaired) electrons. The van der Waals surface area contributed by atoms with E-state index in [9.17, 15) is 19.5 Å². The third-order valence-corrected chi connectivity index (χ3v) is 8.99. The van der Waals surface area contributed by atoms with Gasteiger partial charge in [-0.1, -0.05) is 18.2 Å². The molecule has 4 unspecified atom stereocenters. The summed E-state index contributed by atoms with van der Waals surface area (Å²) in [6, 6.07) is 12.5. The summed E-state index contributed by atoms with van der Waals surface area (Å²) >= 11 is 1.46. The first kappa shape index (κ1) is 25.7. The van der Waals surface area contributed by atoms with E-state index in [1.54, 1.807) is 27.1 Å². The molecular formula is C29H31N5O4S. The van der Waals surface area contributed by atoms with Crippen molar-refractivity contribution in [3.63, 3.8) is 0 Å². The van der Waals surface area contributed by atoms with Crippen LogP contribution in [0.25, 0.3) is 0 Å². The fourth-order valence-electron chi connectivity index (χ4n) is 6.27. The summed E-state index contributed by atoms with van der Waals surface area (Å²) in [5.74, 6) is -0.189. The Bertz CT molecular complexity index is 1410. The third kappa shape index (κ3) is 4.42. The van der Waals surface area contributed by atoms with Crippen molar-refractivity contribution in [2.45, 2.75) is 57.6 Å². The van der Waals surface area contributed by atoms with Gasteiger partial charge in [-0.2, -0.15) is 0 Å². The molecule has 2 aromatic heterocycles. The number of aryl methyl sites for hydroxylation is 1. The number of aliphatic hydroxyl groups is 1. The Morgan fingerprint density at radius 2 is 2.00 bits per heavy atom. The highest BCUT2D eigenvalue weighted by atomic mass is 32.1. The van der Waals surface area contributed by atoms with Crippen LogP contribution in [0.2, 0.25) is 0 Å². The van der Waals surface area contributed by atoms with Crippen LogP contribution < -0.4 is 9.80 Å². The van der Waals surface area contributed by atoms with E-state index in [-0.39, 0.29) is 24.1 Å². The zero-order chi connectivity index (χ0) is 27.3. The van der Waals surface area contributed by atoms with E-state index in [1.165, 1.54) is 18.3 Å². The molecule has 0 spiro atoms. The summed E-state index contributed by atoms with van der Waals surface area (Å²) in [6.45, 7) is 4.45. The standard InChI is InChI=1S/C29H31N5O4S/c1-18-10-11-30-16-23(18)34-27(37)15-22-28(34)33(19(2)35)24(17-32(22)29(38)25-8-5-13-39-25)20-6-3-7-21(14-20)31-12-4-9-26(31)36/h3,5-8,10-11,13-14,16,22,24,28-29,38H,4,9,12,15,17H2,1-2H3. The van der Waals surface area contributed by atoms with E-state index >= 15 is 0 Å². The van der Waals surface area contributed by atoms with E-state index in [0.29, 0.717) is 25.2 Å². The first-order valence-electron chi connectivity index (χ1n) is 13.2. The summed E-state index contributed by atoms with van der Waals surface area (Å²) in [5, 5.41) is 13.5. The van der Waals surface area contributed by atoms with Gasteiger partial charge >= 0.3 is 0 Å². The van der Waals surface area contributed by atoms with Crippen LogP contribution in [-0.4, -0.2) is 62.9 Å². The minimum atomic E-state index is -0.930. The molecule has 3 saturated heterocycles. The highest BCUT2D eigenvalue weighted by Crippen LogP contribution is 2.44. The molecule has 9 nitrogen and oxygen atoms in total. The van der Waals surface area contributed by atoms with Crippen LogP contribution >= 0.6 is 11.3 Å². The smallest absolute Gasteiger partial charge is 0.230 e. The molecule has 0 bridgehead atoms. The number of piperazine rings is 1. The lowest BCUT2D eigenvalue weighted by atomic mass is 9.95. The zero-order valence-corrected chi connectivity index (χ0v) is 22.8. The number of anilines is 2. The Labute approximate surface area is 231 Å². The molecular weight excluding hydrogens is 514 g/mol. The molecule has 0 aliphatic carbocycles. The van der Waals surface area contributed by atoms with E-state index < -0.39 is 24.5 Å². The summed E-state index contributed by atoms with van der Waals surface area (Å²) in [6.07, 6.45) is 3.29. The quantitative estimate of drug-likeness (QED) is 0.526. The molecule has 0 saturated carbocycles. The highest BCUT2D eigenvalue weighted by molar-refractivity contribution is 7.10. The lowest BCUT2D eigenvalue weighted by Crippen LogP contribution is -2.64.